The predicted molar refractivity (Wildman–Crippen MR) is 127 cm³/mol. The molecule has 2 aromatic rings. The molecular weight excluding hydrogens is 419 g/mol. The summed E-state index contributed by atoms with van der Waals surface area (Å²) in [6, 6.07) is 7.99. The first kappa shape index (κ1) is 23.5. The van der Waals surface area contributed by atoms with E-state index < -0.39 is 17.3 Å². The van der Waals surface area contributed by atoms with Gasteiger partial charge in [0.1, 0.15) is 17.1 Å². The molecule has 0 radical (unpaired) electrons. The Labute approximate surface area is 195 Å². The Hall–Kier alpha value is -2.70. The van der Waals surface area contributed by atoms with Gasteiger partial charge in [-0.2, -0.15) is 5.10 Å². The SMILES string of the molecule is CC(C)(C)c1cc2n(n1)C[C@@](C)(C(=O)NC1CCCCCCC1)N(c1ccccc1F)C2=O. The highest BCUT2D eigenvalue weighted by molar-refractivity contribution is 6.11. The summed E-state index contributed by atoms with van der Waals surface area (Å²) in [5, 5.41) is 7.88. The molecule has 1 aliphatic carbocycles. The van der Waals surface area contributed by atoms with Crippen molar-refractivity contribution in [2.45, 2.75) is 96.2 Å². The first-order chi connectivity index (χ1) is 15.6. The minimum Gasteiger partial charge on any atom is -0.351 e. The normalized spacial score (nSPS) is 22.5. The predicted octanol–water partition coefficient (Wildman–Crippen LogP) is 4.97. The molecule has 2 amide bonds. The first-order valence-electron chi connectivity index (χ1n) is 12.1. The zero-order valence-corrected chi connectivity index (χ0v) is 20.2. The van der Waals surface area contributed by atoms with Gasteiger partial charge in [-0.3, -0.25) is 19.2 Å². The van der Waals surface area contributed by atoms with Crippen LogP contribution in [0.5, 0.6) is 0 Å². The molecule has 178 valence electrons. The Morgan fingerprint density at radius 3 is 2.39 bits per heavy atom. The lowest BCUT2D eigenvalue weighted by atomic mass is 9.90. The third-order valence-electron chi connectivity index (χ3n) is 6.94. The number of hydrogen-bond donors (Lipinski definition) is 1. The van der Waals surface area contributed by atoms with Crippen molar-refractivity contribution in [1.82, 2.24) is 15.1 Å². The number of para-hydroxylation sites is 1. The molecule has 33 heavy (non-hydrogen) atoms. The smallest absolute Gasteiger partial charge is 0.277 e. The van der Waals surface area contributed by atoms with Gasteiger partial charge in [-0.1, -0.05) is 65.0 Å². The van der Waals surface area contributed by atoms with E-state index in [1.807, 2.05) is 20.8 Å². The summed E-state index contributed by atoms with van der Waals surface area (Å²) in [6.07, 6.45) is 7.61. The van der Waals surface area contributed by atoms with Crippen LogP contribution in [0, 0.1) is 5.82 Å². The minimum atomic E-state index is -1.31. The van der Waals surface area contributed by atoms with Crippen molar-refractivity contribution < 1.29 is 14.0 Å². The topological polar surface area (TPSA) is 67.2 Å². The van der Waals surface area contributed by atoms with Gasteiger partial charge in [-0.05, 0) is 38.0 Å². The number of rotatable bonds is 3. The number of nitrogens with one attached hydrogen (secondary N) is 1. The van der Waals surface area contributed by atoms with Crippen molar-refractivity contribution >= 4 is 17.5 Å². The van der Waals surface area contributed by atoms with Gasteiger partial charge in [0.05, 0.1) is 17.9 Å². The summed E-state index contributed by atoms with van der Waals surface area (Å²) < 4.78 is 16.6. The number of carbonyl (C=O) groups excluding carboxylic acids is 2. The van der Waals surface area contributed by atoms with Gasteiger partial charge >= 0.3 is 0 Å². The van der Waals surface area contributed by atoms with Gasteiger partial charge in [0.2, 0.25) is 5.91 Å². The van der Waals surface area contributed by atoms with Crippen molar-refractivity contribution in [3.8, 4) is 0 Å². The Bertz CT molecular complexity index is 1030. The van der Waals surface area contributed by atoms with E-state index in [4.69, 9.17) is 0 Å². The number of anilines is 1. The van der Waals surface area contributed by atoms with Crippen LogP contribution < -0.4 is 10.2 Å². The Morgan fingerprint density at radius 1 is 1.12 bits per heavy atom. The quantitative estimate of drug-likeness (QED) is 0.712. The molecule has 4 rings (SSSR count). The van der Waals surface area contributed by atoms with Gasteiger partial charge < -0.3 is 5.32 Å². The number of aromatic nitrogens is 2. The molecule has 1 N–H and O–H groups in total. The van der Waals surface area contributed by atoms with E-state index in [2.05, 4.69) is 10.4 Å². The van der Waals surface area contributed by atoms with E-state index in [1.54, 1.807) is 35.9 Å². The lowest BCUT2D eigenvalue weighted by Gasteiger charge is -2.43. The van der Waals surface area contributed by atoms with E-state index in [0.29, 0.717) is 5.69 Å². The molecule has 1 aromatic heterocycles. The molecule has 0 spiro atoms. The molecule has 1 saturated carbocycles. The molecule has 0 unspecified atom stereocenters. The average molecular weight is 455 g/mol. The van der Waals surface area contributed by atoms with Crippen molar-refractivity contribution in [2.24, 2.45) is 0 Å². The summed E-state index contributed by atoms with van der Waals surface area (Å²) >= 11 is 0. The zero-order chi connectivity index (χ0) is 23.8. The Morgan fingerprint density at radius 2 is 1.76 bits per heavy atom. The van der Waals surface area contributed by atoms with Gasteiger partial charge in [-0.25, -0.2) is 4.39 Å². The number of amides is 2. The summed E-state index contributed by atoms with van der Waals surface area (Å²) in [5.74, 6) is -1.20. The molecule has 6 nitrogen and oxygen atoms in total. The van der Waals surface area contributed by atoms with Crippen LogP contribution >= 0.6 is 0 Å². The summed E-state index contributed by atoms with van der Waals surface area (Å²) in [6.45, 7) is 7.97. The van der Waals surface area contributed by atoms with Crippen LogP contribution in [0.2, 0.25) is 0 Å². The highest BCUT2D eigenvalue weighted by Gasteiger charge is 2.50. The maximum Gasteiger partial charge on any atom is 0.277 e. The van der Waals surface area contributed by atoms with Crippen LogP contribution in [-0.2, 0) is 16.8 Å². The Balaban J connectivity index is 1.74. The molecule has 1 atom stereocenters. The number of halogens is 1. The molecule has 2 aliphatic rings. The van der Waals surface area contributed by atoms with Crippen molar-refractivity contribution in [1.29, 1.82) is 0 Å². The van der Waals surface area contributed by atoms with Crippen molar-refractivity contribution in [3.05, 3.63) is 47.5 Å². The molecule has 0 saturated heterocycles. The van der Waals surface area contributed by atoms with Gasteiger partial charge in [0.15, 0.2) is 0 Å². The zero-order valence-electron chi connectivity index (χ0n) is 20.2. The number of nitrogens with zero attached hydrogens (tertiary/aromatic N) is 3. The number of fused-ring (bicyclic) bond motifs is 1. The summed E-state index contributed by atoms with van der Waals surface area (Å²) in [5.41, 5.74) is -0.313. The number of hydrogen-bond acceptors (Lipinski definition) is 3. The Kier molecular flexibility index (Phi) is 6.34. The second-order valence-electron chi connectivity index (χ2n) is 10.7. The van der Waals surface area contributed by atoms with Gasteiger partial charge in [-0.15, -0.1) is 0 Å². The third-order valence-corrected chi connectivity index (χ3v) is 6.94. The minimum absolute atomic E-state index is 0.0661. The summed E-state index contributed by atoms with van der Waals surface area (Å²) in [7, 11) is 0. The van der Waals surface area contributed by atoms with Crippen molar-refractivity contribution in [2.75, 3.05) is 4.90 Å². The molecule has 1 aliphatic heterocycles. The third kappa shape index (κ3) is 4.55. The molecule has 2 heterocycles. The van der Waals surface area contributed by atoms with Crippen LogP contribution in [0.3, 0.4) is 0 Å². The first-order valence-corrected chi connectivity index (χ1v) is 12.1. The molecule has 7 heteroatoms. The maximum absolute atomic E-state index is 14.9. The van der Waals surface area contributed by atoms with E-state index in [0.717, 1.165) is 31.4 Å². The fourth-order valence-electron chi connectivity index (χ4n) is 4.90. The van der Waals surface area contributed by atoms with Crippen LogP contribution in [0.15, 0.2) is 30.3 Å². The van der Waals surface area contributed by atoms with E-state index in [-0.39, 0.29) is 29.6 Å². The maximum atomic E-state index is 14.9. The fourth-order valence-corrected chi connectivity index (χ4v) is 4.90. The fraction of sp³-hybridized carbons (Fsp3) is 0.577. The van der Waals surface area contributed by atoms with Gasteiger partial charge in [0, 0.05) is 11.5 Å². The van der Waals surface area contributed by atoms with E-state index in [1.165, 1.54) is 30.2 Å². The van der Waals surface area contributed by atoms with Crippen molar-refractivity contribution in [3.63, 3.8) is 0 Å². The average Bonchev–Trinajstić information content (AvgIpc) is 3.16. The molecule has 1 fully saturated rings. The standard InChI is InChI=1S/C26H35FN4O2/c1-25(2,3)22-16-21-23(32)31(20-15-11-10-14-19(20)27)26(4,17-30(21)29-22)24(33)28-18-12-8-6-5-7-9-13-18/h10-11,14-16,18H,5-9,12-13,17H2,1-4H3,(H,28,33)/t26-/m0/s1. The molecular formula is C26H35FN4O2. The molecule has 1 aromatic carbocycles. The highest BCUT2D eigenvalue weighted by atomic mass is 19.1. The second-order valence-corrected chi connectivity index (χ2v) is 10.7. The lowest BCUT2D eigenvalue weighted by Crippen LogP contribution is -2.65. The second kappa shape index (κ2) is 8.92. The highest BCUT2D eigenvalue weighted by Crippen LogP contribution is 2.36. The van der Waals surface area contributed by atoms with E-state index in [9.17, 15) is 14.0 Å². The number of benzene rings is 1. The lowest BCUT2D eigenvalue weighted by molar-refractivity contribution is -0.127. The number of carbonyl (C=O) groups is 2. The molecule has 0 bridgehead atoms. The monoisotopic (exact) mass is 454 g/mol. The van der Waals surface area contributed by atoms with E-state index >= 15 is 0 Å². The van der Waals surface area contributed by atoms with Crippen LogP contribution in [-0.4, -0.2) is 33.2 Å². The van der Waals surface area contributed by atoms with Crippen LogP contribution in [0.1, 0.15) is 88.8 Å². The van der Waals surface area contributed by atoms with Crippen LogP contribution in [0.4, 0.5) is 10.1 Å². The largest absolute Gasteiger partial charge is 0.351 e. The van der Waals surface area contributed by atoms with Gasteiger partial charge in [0.25, 0.3) is 5.91 Å². The van der Waals surface area contributed by atoms with Crippen LogP contribution in [0.25, 0.3) is 0 Å². The summed E-state index contributed by atoms with van der Waals surface area (Å²) in [4.78, 5) is 28.8.